The molecule has 0 amide bonds. The Balaban J connectivity index is 0.882. The third-order valence-corrected chi connectivity index (χ3v) is 11.5. The van der Waals surface area contributed by atoms with Gasteiger partial charge >= 0.3 is 0 Å². The molecule has 0 saturated carbocycles. The van der Waals surface area contributed by atoms with E-state index in [1.807, 2.05) is 36.8 Å². The predicted molar refractivity (Wildman–Crippen MR) is 237 cm³/mol. The molecule has 5 nitrogen and oxygen atoms in total. The van der Waals surface area contributed by atoms with Crippen LogP contribution in [0.5, 0.6) is 0 Å². The number of benzene rings is 7. The van der Waals surface area contributed by atoms with E-state index in [0.29, 0.717) is 0 Å². The zero-order valence-corrected chi connectivity index (χ0v) is 31.1. The topological polar surface area (TPSA) is 64.5 Å². The average Bonchev–Trinajstić information content (AvgIpc) is 3.62. The van der Waals surface area contributed by atoms with Gasteiger partial charge in [0.25, 0.3) is 0 Å². The lowest BCUT2D eigenvalue weighted by atomic mass is 9.96. The Morgan fingerprint density at radius 1 is 0.310 bits per heavy atom. The Hall–Kier alpha value is -7.89. The van der Waals surface area contributed by atoms with Crippen molar-refractivity contribution >= 4 is 43.5 Å². The highest BCUT2D eigenvalue weighted by Gasteiger charge is 2.21. The van der Waals surface area contributed by atoms with E-state index in [4.69, 9.17) is 19.9 Å². The van der Waals surface area contributed by atoms with E-state index in [9.17, 15) is 0 Å². The zero-order valence-electron chi connectivity index (χ0n) is 31.1. The summed E-state index contributed by atoms with van der Waals surface area (Å²) in [6, 6.07) is 60.0. The fourth-order valence-corrected chi connectivity index (χ4v) is 8.70. The number of hydrogen-bond acceptors (Lipinski definition) is 5. The van der Waals surface area contributed by atoms with Crippen molar-refractivity contribution in [3.63, 3.8) is 0 Å². The van der Waals surface area contributed by atoms with Gasteiger partial charge in [-0.15, -0.1) is 0 Å². The van der Waals surface area contributed by atoms with E-state index < -0.39 is 0 Å². The molecule has 1 aliphatic rings. The van der Waals surface area contributed by atoms with Crippen LogP contribution in [0.2, 0.25) is 0 Å². The summed E-state index contributed by atoms with van der Waals surface area (Å²) >= 11 is 0. The van der Waals surface area contributed by atoms with Gasteiger partial charge in [-0.25, -0.2) is 9.97 Å². The number of nitrogens with zero attached hydrogens (tertiary/aromatic N) is 5. The molecule has 0 bridgehead atoms. The van der Waals surface area contributed by atoms with Crippen LogP contribution >= 0.6 is 0 Å². The largest absolute Gasteiger partial charge is 0.256 e. The van der Waals surface area contributed by atoms with Crippen molar-refractivity contribution in [2.75, 3.05) is 0 Å². The highest BCUT2D eigenvalue weighted by Crippen LogP contribution is 2.48. The smallest absolute Gasteiger partial charge is 0.0972 e. The molecular weight excluding hydrogens is 707 g/mol. The monoisotopic (exact) mass is 737 g/mol. The Morgan fingerprint density at radius 2 is 0.879 bits per heavy atom. The highest BCUT2D eigenvalue weighted by atomic mass is 14.8. The first kappa shape index (κ1) is 32.4. The summed E-state index contributed by atoms with van der Waals surface area (Å²) in [4.78, 5) is 24.7. The van der Waals surface area contributed by atoms with Crippen LogP contribution in [0.3, 0.4) is 0 Å². The maximum Gasteiger partial charge on any atom is 0.0972 e. The lowest BCUT2D eigenvalue weighted by Crippen LogP contribution is -1.93. The Morgan fingerprint density at radius 3 is 1.60 bits per heavy atom. The molecule has 0 saturated heterocycles. The van der Waals surface area contributed by atoms with Crippen molar-refractivity contribution in [3.8, 4) is 78.4 Å². The van der Waals surface area contributed by atoms with Gasteiger partial charge in [0.15, 0.2) is 0 Å². The summed E-state index contributed by atoms with van der Waals surface area (Å²) in [5.41, 5.74) is 17.7. The van der Waals surface area contributed by atoms with Gasteiger partial charge in [0.1, 0.15) is 0 Å². The van der Waals surface area contributed by atoms with Crippen LogP contribution < -0.4 is 0 Å². The van der Waals surface area contributed by atoms with Gasteiger partial charge < -0.3 is 0 Å². The summed E-state index contributed by atoms with van der Waals surface area (Å²) in [6.07, 6.45) is 5.49. The first-order chi connectivity index (χ1) is 28.7. The van der Waals surface area contributed by atoms with Gasteiger partial charge in [-0.2, -0.15) is 0 Å². The fraction of sp³-hybridized carbons (Fsp3) is 0. The molecular formula is C53H31N5. The standard InChI is InChI=1S/C53H31N5/c1-9-35(36-20-23-40-43-14-3-7-32-8-4-15-44(51(32)43)45(40)29-36)27-37(10-1)46-24-21-33-18-19-34-22-25-47(58-53(34)52(33)57-46)38-11-2-12-39(28-38)49-30-56-50(31-55-49)42-13-5-17-48-41(42)16-6-26-54-48/h1-31H. The molecule has 0 spiro atoms. The molecule has 4 aromatic heterocycles. The van der Waals surface area contributed by atoms with Crippen molar-refractivity contribution in [2.24, 2.45) is 0 Å². The molecule has 5 heteroatoms. The molecule has 0 fully saturated rings. The first-order valence-electron chi connectivity index (χ1n) is 19.5. The number of pyridine rings is 3. The Bertz CT molecular complexity index is 3450. The summed E-state index contributed by atoms with van der Waals surface area (Å²) in [7, 11) is 0. The molecule has 0 aliphatic heterocycles. The molecule has 268 valence electrons. The van der Waals surface area contributed by atoms with Crippen LogP contribution in [0, 0.1) is 0 Å². The van der Waals surface area contributed by atoms with Gasteiger partial charge in [0.2, 0.25) is 0 Å². The minimum Gasteiger partial charge on any atom is -0.256 e. The summed E-state index contributed by atoms with van der Waals surface area (Å²) in [6.45, 7) is 0. The van der Waals surface area contributed by atoms with Gasteiger partial charge in [-0.3, -0.25) is 15.0 Å². The average molecular weight is 738 g/mol. The second kappa shape index (κ2) is 12.8. The van der Waals surface area contributed by atoms with Crippen LogP contribution in [0.4, 0.5) is 0 Å². The van der Waals surface area contributed by atoms with E-state index >= 15 is 0 Å². The van der Waals surface area contributed by atoms with Gasteiger partial charge in [0.05, 0.1) is 51.7 Å². The second-order valence-corrected chi connectivity index (χ2v) is 14.9. The minimum absolute atomic E-state index is 0.797. The number of rotatable bonds is 5. The highest BCUT2D eigenvalue weighted by molar-refractivity contribution is 6.15. The van der Waals surface area contributed by atoms with Crippen LogP contribution in [-0.2, 0) is 0 Å². The molecule has 0 unspecified atom stereocenters. The molecule has 11 aromatic rings. The van der Waals surface area contributed by atoms with Crippen LogP contribution in [0.25, 0.3) is 122 Å². The quantitative estimate of drug-likeness (QED) is 0.165. The second-order valence-electron chi connectivity index (χ2n) is 14.9. The van der Waals surface area contributed by atoms with E-state index in [1.165, 1.54) is 38.6 Å². The molecule has 0 N–H and O–H groups in total. The lowest BCUT2D eigenvalue weighted by molar-refractivity contribution is 1.21. The summed E-state index contributed by atoms with van der Waals surface area (Å²) < 4.78 is 0. The van der Waals surface area contributed by atoms with Gasteiger partial charge in [-0.1, -0.05) is 127 Å². The SMILES string of the molecule is c1cc(-c2ccc3c(c2)-c2cccc4cccc-3c24)cc(-c2ccc3ccc4ccc(-c5cccc(-c6cnc(-c7cccc8ncccc78)cn6)c5)nc4c3n2)c1. The Kier molecular flexibility index (Phi) is 7.16. The summed E-state index contributed by atoms with van der Waals surface area (Å²) in [5.74, 6) is 0. The van der Waals surface area contributed by atoms with E-state index in [-0.39, 0.29) is 0 Å². The molecule has 0 atom stereocenters. The van der Waals surface area contributed by atoms with Gasteiger partial charge in [-0.05, 0) is 86.6 Å². The van der Waals surface area contributed by atoms with E-state index in [1.54, 1.807) is 0 Å². The van der Waals surface area contributed by atoms with Crippen molar-refractivity contribution in [1.82, 2.24) is 24.9 Å². The third kappa shape index (κ3) is 5.21. The third-order valence-electron chi connectivity index (χ3n) is 11.5. The number of fused-ring (bicyclic) bond motifs is 7. The lowest BCUT2D eigenvalue weighted by Gasteiger charge is -2.11. The maximum absolute atomic E-state index is 5.29. The fourth-order valence-electron chi connectivity index (χ4n) is 8.70. The van der Waals surface area contributed by atoms with Crippen molar-refractivity contribution in [2.45, 2.75) is 0 Å². The molecule has 12 rings (SSSR count). The minimum atomic E-state index is 0.797. The number of hydrogen-bond donors (Lipinski definition) is 0. The van der Waals surface area contributed by atoms with E-state index in [2.05, 4.69) is 157 Å². The van der Waals surface area contributed by atoms with Crippen LogP contribution in [0.15, 0.2) is 188 Å². The van der Waals surface area contributed by atoms with Gasteiger partial charge in [0, 0.05) is 44.6 Å². The Labute approximate surface area is 334 Å². The van der Waals surface area contributed by atoms with Crippen LogP contribution in [0.1, 0.15) is 0 Å². The molecule has 1 aliphatic carbocycles. The van der Waals surface area contributed by atoms with Crippen LogP contribution in [-0.4, -0.2) is 24.9 Å². The zero-order chi connectivity index (χ0) is 38.2. The van der Waals surface area contributed by atoms with E-state index in [0.717, 1.165) is 83.3 Å². The van der Waals surface area contributed by atoms with Crippen molar-refractivity contribution in [3.05, 3.63) is 188 Å². The number of aromatic nitrogens is 5. The van der Waals surface area contributed by atoms with Crippen molar-refractivity contribution in [1.29, 1.82) is 0 Å². The summed E-state index contributed by atoms with van der Waals surface area (Å²) in [5, 5.41) is 5.78. The molecule has 58 heavy (non-hydrogen) atoms. The van der Waals surface area contributed by atoms with Crippen molar-refractivity contribution < 1.29 is 0 Å². The maximum atomic E-state index is 5.29. The molecule has 0 radical (unpaired) electrons. The predicted octanol–water partition coefficient (Wildman–Crippen LogP) is 13.3. The molecule has 4 heterocycles. The molecule has 7 aromatic carbocycles. The first-order valence-corrected chi connectivity index (χ1v) is 19.5. The normalized spacial score (nSPS) is 11.8.